The first-order valence-electron chi connectivity index (χ1n) is 9.37. The first-order valence-corrected chi connectivity index (χ1v) is 9.37. The molecule has 2 heterocycles. The summed E-state index contributed by atoms with van der Waals surface area (Å²) in [5.74, 6) is 0.894. The maximum Gasteiger partial charge on any atom is 0.119 e. The molecule has 0 N–H and O–H groups in total. The highest BCUT2D eigenvalue weighted by Gasteiger charge is 2.25. The molecule has 1 saturated heterocycles. The summed E-state index contributed by atoms with van der Waals surface area (Å²) >= 11 is 0. The molecule has 0 saturated carbocycles. The fourth-order valence-electron chi connectivity index (χ4n) is 3.34. The molecule has 0 amide bonds. The summed E-state index contributed by atoms with van der Waals surface area (Å²) in [7, 11) is 0. The summed E-state index contributed by atoms with van der Waals surface area (Å²) in [5.41, 5.74) is 3.51. The van der Waals surface area contributed by atoms with Crippen LogP contribution in [0.1, 0.15) is 22.9 Å². The lowest BCUT2D eigenvalue weighted by molar-refractivity contribution is -0.0142. The van der Waals surface area contributed by atoms with E-state index >= 15 is 0 Å². The standard InChI is InChI=1S/C23H24N2O2/c1-2-6-20(7-3-1)17-27-21-11-9-19(10-12-21)16-25-14-15-26-18-23(25)22-8-4-5-13-24-22/h1-13,23H,14-18H2. The number of ether oxygens (including phenoxy) is 2. The van der Waals surface area contributed by atoms with E-state index in [0.29, 0.717) is 13.2 Å². The van der Waals surface area contributed by atoms with Crippen molar-refractivity contribution in [3.05, 3.63) is 95.8 Å². The zero-order valence-electron chi connectivity index (χ0n) is 15.3. The van der Waals surface area contributed by atoms with Crippen molar-refractivity contribution >= 4 is 0 Å². The van der Waals surface area contributed by atoms with Crippen molar-refractivity contribution < 1.29 is 9.47 Å². The number of hydrogen-bond donors (Lipinski definition) is 0. The van der Waals surface area contributed by atoms with Crippen LogP contribution in [0.2, 0.25) is 0 Å². The van der Waals surface area contributed by atoms with Crippen LogP contribution in [0.4, 0.5) is 0 Å². The Morgan fingerprint density at radius 1 is 0.926 bits per heavy atom. The molecule has 1 aliphatic rings. The smallest absolute Gasteiger partial charge is 0.119 e. The van der Waals surface area contributed by atoms with Gasteiger partial charge in [-0.15, -0.1) is 0 Å². The van der Waals surface area contributed by atoms with Gasteiger partial charge in [0, 0.05) is 19.3 Å². The van der Waals surface area contributed by atoms with E-state index < -0.39 is 0 Å². The Balaban J connectivity index is 1.38. The van der Waals surface area contributed by atoms with Crippen LogP contribution in [-0.2, 0) is 17.9 Å². The van der Waals surface area contributed by atoms with Crippen molar-refractivity contribution in [3.63, 3.8) is 0 Å². The van der Waals surface area contributed by atoms with Gasteiger partial charge in [0.2, 0.25) is 0 Å². The van der Waals surface area contributed by atoms with E-state index in [0.717, 1.165) is 31.1 Å². The molecule has 4 heteroatoms. The molecule has 0 aliphatic carbocycles. The van der Waals surface area contributed by atoms with Crippen molar-refractivity contribution in [1.82, 2.24) is 9.88 Å². The van der Waals surface area contributed by atoms with E-state index in [1.165, 1.54) is 11.1 Å². The van der Waals surface area contributed by atoms with Crippen LogP contribution in [0.15, 0.2) is 79.0 Å². The SMILES string of the molecule is c1ccc(COc2ccc(CN3CCOCC3c3ccccn3)cc2)cc1. The van der Waals surface area contributed by atoms with E-state index in [4.69, 9.17) is 9.47 Å². The molecule has 1 aliphatic heterocycles. The van der Waals surface area contributed by atoms with Crippen molar-refractivity contribution in [2.45, 2.75) is 19.2 Å². The van der Waals surface area contributed by atoms with Crippen LogP contribution < -0.4 is 4.74 Å². The lowest BCUT2D eigenvalue weighted by atomic mass is 10.1. The summed E-state index contributed by atoms with van der Waals surface area (Å²) < 4.78 is 11.6. The lowest BCUT2D eigenvalue weighted by Crippen LogP contribution is -2.39. The fourth-order valence-corrected chi connectivity index (χ4v) is 3.34. The summed E-state index contributed by atoms with van der Waals surface area (Å²) in [4.78, 5) is 6.96. The Morgan fingerprint density at radius 3 is 2.52 bits per heavy atom. The Bertz CT molecular complexity index is 822. The molecule has 27 heavy (non-hydrogen) atoms. The zero-order valence-corrected chi connectivity index (χ0v) is 15.3. The third kappa shape index (κ3) is 4.73. The molecular formula is C23H24N2O2. The second-order valence-corrected chi connectivity index (χ2v) is 6.73. The molecule has 1 unspecified atom stereocenters. The maximum atomic E-state index is 5.88. The first kappa shape index (κ1) is 17.7. The molecule has 1 aromatic heterocycles. The molecule has 2 aromatic carbocycles. The van der Waals surface area contributed by atoms with Gasteiger partial charge in [-0.3, -0.25) is 9.88 Å². The Kier molecular flexibility index (Phi) is 5.77. The number of rotatable bonds is 6. The second kappa shape index (κ2) is 8.80. The highest BCUT2D eigenvalue weighted by Crippen LogP contribution is 2.25. The van der Waals surface area contributed by atoms with Gasteiger partial charge in [-0.25, -0.2) is 0 Å². The van der Waals surface area contributed by atoms with Crippen molar-refractivity contribution in [2.24, 2.45) is 0 Å². The Labute approximate surface area is 160 Å². The topological polar surface area (TPSA) is 34.6 Å². The largest absolute Gasteiger partial charge is 0.489 e. The zero-order chi connectivity index (χ0) is 18.3. The average Bonchev–Trinajstić information content (AvgIpc) is 2.75. The van der Waals surface area contributed by atoms with Crippen molar-refractivity contribution in [2.75, 3.05) is 19.8 Å². The molecule has 0 radical (unpaired) electrons. The minimum Gasteiger partial charge on any atom is -0.489 e. The average molecular weight is 360 g/mol. The number of aromatic nitrogens is 1. The number of nitrogens with zero attached hydrogens (tertiary/aromatic N) is 2. The Morgan fingerprint density at radius 2 is 1.74 bits per heavy atom. The molecule has 0 bridgehead atoms. The minimum atomic E-state index is 0.203. The quantitative estimate of drug-likeness (QED) is 0.659. The number of morpholine rings is 1. The van der Waals surface area contributed by atoms with Gasteiger partial charge in [0.1, 0.15) is 12.4 Å². The van der Waals surface area contributed by atoms with Crippen molar-refractivity contribution in [3.8, 4) is 5.75 Å². The molecule has 4 rings (SSSR count). The van der Waals surface area contributed by atoms with Gasteiger partial charge in [-0.05, 0) is 35.4 Å². The first-order chi connectivity index (χ1) is 13.4. The molecule has 0 spiro atoms. The van der Waals surface area contributed by atoms with Crippen LogP contribution in [0.3, 0.4) is 0 Å². The normalized spacial score (nSPS) is 17.6. The van der Waals surface area contributed by atoms with Crippen molar-refractivity contribution in [1.29, 1.82) is 0 Å². The van der Waals surface area contributed by atoms with Crippen LogP contribution >= 0.6 is 0 Å². The van der Waals surface area contributed by atoms with E-state index in [1.807, 2.05) is 36.5 Å². The minimum absolute atomic E-state index is 0.203. The molecule has 138 valence electrons. The van der Waals surface area contributed by atoms with E-state index in [2.05, 4.69) is 52.3 Å². The van der Waals surface area contributed by atoms with Gasteiger partial charge >= 0.3 is 0 Å². The monoisotopic (exact) mass is 360 g/mol. The lowest BCUT2D eigenvalue weighted by Gasteiger charge is -2.35. The third-order valence-electron chi connectivity index (χ3n) is 4.83. The highest BCUT2D eigenvalue weighted by molar-refractivity contribution is 5.28. The summed E-state index contributed by atoms with van der Waals surface area (Å²) in [6, 6.07) is 24.9. The molecular weight excluding hydrogens is 336 g/mol. The third-order valence-corrected chi connectivity index (χ3v) is 4.83. The van der Waals surface area contributed by atoms with Gasteiger partial charge in [-0.1, -0.05) is 48.5 Å². The van der Waals surface area contributed by atoms with Crippen LogP contribution in [0, 0.1) is 0 Å². The second-order valence-electron chi connectivity index (χ2n) is 6.73. The predicted molar refractivity (Wildman–Crippen MR) is 105 cm³/mol. The summed E-state index contributed by atoms with van der Waals surface area (Å²) in [6.07, 6.45) is 1.85. The van der Waals surface area contributed by atoms with Gasteiger partial charge in [0.15, 0.2) is 0 Å². The maximum absolute atomic E-state index is 5.88. The predicted octanol–water partition coefficient (Wildman–Crippen LogP) is 4.23. The summed E-state index contributed by atoms with van der Waals surface area (Å²) in [5, 5.41) is 0. The van der Waals surface area contributed by atoms with Gasteiger partial charge in [-0.2, -0.15) is 0 Å². The van der Waals surface area contributed by atoms with E-state index in [9.17, 15) is 0 Å². The highest BCUT2D eigenvalue weighted by atomic mass is 16.5. The number of hydrogen-bond acceptors (Lipinski definition) is 4. The molecule has 4 nitrogen and oxygen atoms in total. The van der Waals surface area contributed by atoms with Gasteiger partial charge in [0.25, 0.3) is 0 Å². The molecule has 3 aromatic rings. The van der Waals surface area contributed by atoms with Crippen LogP contribution in [-0.4, -0.2) is 29.6 Å². The molecule has 1 atom stereocenters. The van der Waals surface area contributed by atoms with E-state index in [1.54, 1.807) is 0 Å². The molecule has 1 fully saturated rings. The number of pyridine rings is 1. The van der Waals surface area contributed by atoms with E-state index in [-0.39, 0.29) is 6.04 Å². The fraction of sp³-hybridized carbons (Fsp3) is 0.261. The number of benzene rings is 2. The Hall–Kier alpha value is -2.69. The van der Waals surface area contributed by atoms with Gasteiger partial charge in [0.05, 0.1) is 24.9 Å². The van der Waals surface area contributed by atoms with Gasteiger partial charge < -0.3 is 9.47 Å². The summed E-state index contributed by atoms with van der Waals surface area (Å²) in [6.45, 7) is 3.83. The van der Waals surface area contributed by atoms with Crippen LogP contribution in [0.25, 0.3) is 0 Å². The van der Waals surface area contributed by atoms with Crippen LogP contribution in [0.5, 0.6) is 5.75 Å².